The van der Waals surface area contributed by atoms with Crippen LogP contribution in [0.4, 0.5) is 0 Å². The first kappa shape index (κ1) is 33.3. The third kappa shape index (κ3) is 9.19. The molecule has 1 aliphatic carbocycles. The second kappa shape index (κ2) is 17.0. The summed E-state index contributed by atoms with van der Waals surface area (Å²) in [7, 11) is 0. The van der Waals surface area contributed by atoms with Gasteiger partial charge >= 0.3 is 28.9 Å². The molecule has 5 heteroatoms. The molecule has 0 N–H and O–H groups in total. The van der Waals surface area contributed by atoms with E-state index in [1.807, 2.05) is 0 Å². The zero-order valence-electron chi connectivity index (χ0n) is 21.9. The monoisotopic (exact) mass is 603 g/mol. The number of rotatable bonds is 2. The third-order valence-electron chi connectivity index (χ3n) is 5.73. The number of allylic oxidation sites excluding steroid dienone is 1. The Bertz CT molecular complexity index is 1370. The Balaban J connectivity index is 0.000000293. The Kier molecular flexibility index (Phi) is 15.2. The summed E-state index contributed by atoms with van der Waals surface area (Å²) in [5.74, 6) is 0. The number of hydrogen-bond acceptors (Lipinski definition) is 0. The number of nitrogens with zero attached hydrogens (tertiary/aromatic N) is 1. The number of fused-ring (bicyclic) bond motifs is 6. The molecule has 0 fully saturated rings. The molecular weight excluding hydrogens is 571 g/mol. The van der Waals surface area contributed by atoms with Crippen LogP contribution >= 0.6 is 24.8 Å². The van der Waals surface area contributed by atoms with E-state index in [9.17, 15) is 0 Å². The van der Waals surface area contributed by atoms with Crippen LogP contribution in [0.5, 0.6) is 0 Å². The number of hydrogen-bond donors (Lipinski definition) is 0. The van der Waals surface area contributed by atoms with Gasteiger partial charge in [-0.1, -0.05) is 82.0 Å². The summed E-state index contributed by atoms with van der Waals surface area (Å²) in [6.45, 7) is 8.39. The quantitative estimate of drug-likeness (QED) is 0.108. The van der Waals surface area contributed by atoms with Crippen LogP contribution in [-0.2, 0) is 30.4 Å². The Morgan fingerprint density at radius 2 is 1.35 bits per heavy atom. The fourth-order valence-corrected chi connectivity index (χ4v) is 4.45. The van der Waals surface area contributed by atoms with E-state index in [-0.39, 0.29) is 24.8 Å². The minimum Gasteiger partial charge on any atom is -0.189 e. The van der Waals surface area contributed by atoms with Gasteiger partial charge < -0.3 is 5.32 Å². The summed E-state index contributed by atoms with van der Waals surface area (Å²) in [5, 5.41) is 12.4. The molecule has 1 nitrogen and oxygen atoms in total. The molecule has 1 radical (unpaired) electrons. The minimum absolute atomic E-state index is 0. The van der Waals surface area contributed by atoms with Gasteiger partial charge in [-0.2, -0.15) is 41.3 Å². The SMILES string of the molecule is CC(C)[N-]C(C)C.Cl.Cl.[B]=[Zr].[C-]1=CCc2c1ccc1ccc3ccccc3c21.c1ccc2[cH-]ccc2c1. The second-order valence-corrected chi connectivity index (χ2v) is 9.02. The van der Waals surface area contributed by atoms with E-state index in [1.165, 1.54) is 43.4 Å². The minimum atomic E-state index is 0. The van der Waals surface area contributed by atoms with E-state index in [2.05, 4.69) is 141 Å². The van der Waals surface area contributed by atoms with Gasteiger partial charge in [0.05, 0.1) is 0 Å². The summed E-state index contributed by atoms with van der Waals surface area (Å²) in [6.07, 6.45) is 6.48. The van der Waals surface area contributed by atoms with Gasteiger partial charge in [0, 0.05) is 0 Å². The Labute approximate surface area is 250 Å². The van der Waals surface area contributed by atoms with E-state index >= 15 is 0 Å². The van der Waals surface area contributed by atoms with Crippen molar-refractivity contribution < 1.29 is 24.0 Å². The molecule has 5 aromatic rings. The molecule has 0 amide bonds. The fourth-order valence-electron chi connectivity index (χ4n) is 4.45. The molecule has 6 rings (SSSR count). The standard InChI is InChI=1S/C17H11.C9H7.C6H14N.B.2ClH.Zr/c1-2-6-15-12(4-1)8-10-14-11-9-13-5-3-7-16(13)17(14)15;1-2-5-9-7-3-6-8(9)4-1;1-5(2)7-6(3)4;;;;/h1-4,6,8-11H,7H2;1-7H;5-6H,1-4H3;;2*1H;/q3*-1;;;;. The number of benzene rings is 4. The Hall–Kier alpha value is -1.76. The van der Waals surface area contributed by atoms with E-state index < -0.39 is 0 Å². The van der Waals surface area contributed by atoms with E-state index in [1.54, 1.807) is 0 Å². The summed E-state index contributed by atoms with van der Waals surface area (Å²) in [5.41, 5.74) is 2.69. The van der Waals surface area contributed by atoms with Crippen LogP contribution in [0, 0.1) is 6.08 Å². The van der Waals surface area contributed by atoms with Gasteiger partial charge in [0.25, 0.3) is 0 Å². The van der Waals surface area contributed by atoms with E-state index in [0.717, 1.165) is 30.4 Å². The molecule has 1 aliphatic rings. The zero-order chi connectivity index (χ0) is 25.2. The largest absolute Gasteiger partial charge is 0.189 e. The predicted octanol–water partition coefficient (Wildman–Crippen LogP) is 9.45. The molecule has 0 heterocycles. The van der Waals surface area contributed by atoms with E-state index in [4.69, 9.17) is 0 Å². The molecule has 0 aliphatic heterocycles. The van der Waals surface area contributed by atoms with Crippen molar-refractivity contribution in [2.24, 2.45) is 0 Å². The van der Waals surface area contributed by atoms with Crippen LogP contribution in [0.2, 0.25) is 0 Å². The van der Waals surface area contributed by atoms with Gasteiger partial charge in [-0.25, -0.2) is 0 Å². The second-order valence-electron chi connectivity index (χ2n) is 9.02. The Morgan fingerprint density at radius 1 is 0.757 bits per heavy atom. The molecule has 0 unspecified atom stereocenters. The molecule has 37 heavy (non-hydrogen) atoms. The summed E-state index contributed by atoms with van der Waals surface area (Å²) >= 11 is 1.05. The van der Waals surface area contributed by atoms with Gasteiger partial charge in [0.15, 0.2) is 0 Å². The van der Waals surface area contributed by atoms with Gasteiger partial charge in [0.1, 0.15) is 0 Å². The topological polar surface area (TPSA) is 14.1 Å². The first-order chi connectivity index (χ1) is 17.0. The molecule has 0 saturated carbocycles. The van der Waals surface area contributed by atoms with Gasteiger partial charge in [-0.15, -0.1) is 78.2 Å². The third-order valence-corrected chi connectivity index (χ3v) is 5.73. The van der Waals surface area contributed by atoms with Gasteiger partial charge in [0.2, 0.25) is 0 Å². The first-order valence-corrected chi connectivity index (χ1v) is 13.6. The average molecular weight is 606 g/mol. The van der Waals surface area contributed by atoms with Gasteiger partial charge in [-0.05, 0) is 16.2 Å². The van der Waals surface area contributed by atoms with Crippen LogP contribution in [0.25, 0.3) is 37.6 Å². The number of halogens is 2. The Morgan fingerprint density at radius 3 is 2.00 bits per heavy atom. The summed E-state index contributed by atoms with van der Waals surface area (Å²) in [4.78, 5) is 4.59. The van der Waals surface area contributed by atoms with Crippen molar-refractivity contribution in [2.75, 3.05) is 0 Å². The van der Waals surface area contributed by atoms with Crippen molar-refractivity contribution in [3.63, 3.8) is 0 Å². The maximum absolute atomic E-state index is 4.59. The summed E-state index contributed by atoms with van der Waals surface area (Å²) in [6, 6.07) is 33.1. The molecule has 0 saturated heterocycles. The maximum atomic E-state index is 4.59. The predicted molar refractivity (Wildman–Crippen MR) is 165 cm³/mol. The normalized spacial score (nSPS) is 10.8. The molecule has 0 bridgehead atoms. The first-order valence-electron chi connectivity index (χ1n) is 12.1. The summed E-state index contributed by atoms with van der Waals surface area (Å²) < 4.78 is 0. The molecular formula is C32H34BCl2NZr-3. The van der Waals surface area contributed by atoms with Crippen LogP contribution in [-0.4, -0.2) is 17.0 Å². The van der Waals surface area contributed by atoms with Crippen LogP contribution in [0.15, 0.2) is 97.1 Å². The molecule has 191 valence electrons. The van der Waals surface area contributed by atoms with Crippen molar-refractivity contribution in [1.29, 1.82) is 0 Å². The van der Waals surface area contributed by atoms with Gasteiger partial charge in [-0.3, -0.25) is 0 Å². The fraction of sp³-hybridized carbons (Fsp3) is 0.219. The van der Waals surface area contributed by atoms with Crippen LogP contribution in [0.1, 0.15) is 38.8 Å². The van der Waals surface area contributed by atoms with Crippen molar-refractivity contribution >= 4 is 62.1 Å². The van der Waals surface area contributed by atoms with Crippen molar-refractivity contribution in [1.82, 2.24) is 0 Å². The molecule has 0 spiro atoms. The zero-order valence-corrected chi connectivity index (χ0v) is 26.0. The van der Waals surface area contributed by atoms with Crippen molar-refractivity contribution in [2.45, 2.75) is 46.2 Å². The van der Waals surface area contributed by atoms with Crippen molar-refractivity contribution in [3.8, 4) is 0 Å². The average Bonchev–Trinajstić information content (AvgIpc) is 3.54. The maximum Gasteiger partial charge on any atom is -0.0188 e. The molecule has 5 aromatic carbocycles. The van der Waals surface area contributed by atoms with Crippen LogP contribution in [0.3, 0.4) is 0 Å². The molecule has 0 atom stereocenters. The van der Waals surface area contributed by atoms with Crippen molar-refractivity contribution in [3.05, 3.63) is 120 Å². The van der Waals surface area contributed by atoms with Crippen LogP contribution < -0.4 is 0 Å². The van der Waals surface area contributed by atoms with E-state index in [0.29, 0.717) is 12.1 Å². The smallest absolute Gasteiger partial charge is 0.0188 e. The molecule has 0 aromatic heterocycles.